The molecule has 1 saturated heterocycles. The quantitative estimate of drug-likeness (QED) is 0.888. The molecule has 4 nitrogen and oxygen atoms in total. The molecule has 1 aliphatic rings. The predicted molar refractivity (Wildman–Crippen MR) is 71.1 cm³/mol. The molecule has 0 radical (unpaired) electrons. The highest BCUT2D eigenvalue weighted by atomic mass is 16.5. The van der Waals surface area contributed by atoms with Gasteiger partial charge in [0.25, 0.3) is 0 Å². The fraction of sp³-hybridized carbons (Fsp3) is 0.533. The van der Waals surface area contributed by atoms with Crippen LogP contribution in [0.1, 0.15) is 36.8 Å². The lowest BCUT2D eigenvalue weighted by atomic mass is 10.0. The van der Waals surface area contributed by atoms with E-state index in [2.05, 4.69) is 0 Å². The van der Waals surface area contributed by atoms with E-state index in [1.165, 1.54) is 0 Å². The molecule has 1 N–H and O–H groups in total. The van der Waals surface area contributed by atoms with Crippen molar-refractivity contribution in [2.45, 2.75) is 38.4 Å². The van der Waals surface area contributed by atoms with E-state index in [9.17, 15) is 4.79 Å². The van der Waals surface area contributed by atoms with E-state index in [1.54, 1.807) is 6.92 Å². The molecule has 1 aromatic rings. The summed E-state index contributed by atoms with van der Waals surface area (Å²) < 4.78 is 11.1. The number of rotatable bonds is 5. The van der Waals surface area contributed by atoms with Crippen molar-refractivity contribution in [2.24, 2.45) is 0 Å². The Labute approximate surface area is 113 Å². The molecule has 1 aliphatic heterocycles. The number of carboxylic acid groups (broad SMARTS) is 1. The second kappa shape index (κ2) is 6.68. The second-order valence-electron chi connectivity index (χ2n) is 4.92. The fourth-order valence-corrected chi connectivity index (χ4v) is 2.10. The lowest BCUT2D eigenvalue weighted by Crippen LogP contribution is -2.23. The molecule has 0 aromatic heterocycles. The molecule has 0 bridgehead atoms. The van der Waals surface area contributed by atoms with Crippen LogP contribution in [0.3, 0.4) is 0 Å². The third-order valence-corrected chi connectivity index (χ3v) is 3.50. The van der Waals surface area contributed by atoms with Crippen LogP contribution in [0.4, 0.5) is 0 Å². The van der Waals surface area contributed by atoms with Crippen LogP contribution in [-0.2, 0) is 20.9 Å². The largest absolute Gasteiger partial charge is 0.481 e. The Hall–Kier alpha value is -1.39. The molecule has 1 fully saturated rings. The van der Waals surface area contributed by atoms with Gasteiger partial charge in [-0.25, -0.2) is 0 Å². The first-order valence-electron chi connectivity index (χ1n) is 6.68. The average Bonchev–Trinajstić information content (AvgIpc) is 2.46. The van der Waals surface area contributed by atoms with Gasteiger partial charge in [-0.1, -0.05) is 24.3 Å². The van der Waals surface area contributed by atoms with Crippen LogP contribution < -0.4 is 0 Å². The van der Waals surface area contributed by atoms with Gasteiger partial charge in [0.2, 0.25) is 0 Å². The molecule has 0 saturated carbocycles. The first-order valence-corrected chi connectivity index (χ1v) is 6.68. The Morgan fingerprint density at radius 2 is 2.00 bits per heavy atom. The molecule has 1 heterocycles. The van der Waals surface area contributed by atoms with E-state index >= 15 is 0 Å². The predicted octanol–water partition coefficient (Wildman–Crippen LogP) is 2.57. The van der Waals surface area contributed by atoms with Gasteiger partial charge < -0.3 is 14.6 Å². The number of carbonyl (C=O) groups is 1. The standard InChI is InChI=1S/C15H20O4/c1-11(15(16)17)13-4-2-12(3-5-13)10-19-14-6-8-18-9-7-14/h2-5,11,14H,6-10H2,1H3,(H,16,17). The van der Waals surface area contributed by atoms with E-state index in [0.717, 1.165) is 37.2 Å². The van der Waals surface area contributed by atoms with Crippen molar-refractivity contribution >= 4 is 5.97 Å². The number of hydrogen-bond donors (Lipinski definition) is 1. The maximum atomic E-state index is 10.9. The minimum absolute atomic E-state index is 0.284. The summed E-state index contributed by atoms with van der Waals surface area (Å²) in [6.07, 6.45) is 2.19. The summed E-state index contributed by atoms with van der Waals surface area (Å²) in [6.45, 7) is 3.82. The minimum atomic E-state index is -0.800. The van der Waals surface area contributed by atoms with Crippen LogP contribution >= 0.6 is 0 Å². The van der Waals surface area contributed by atoms with Crippen LogP contribution in [0, 0.1) is 0 Å². The van der Waals surface area contributed by atoms with Gasteiger partial charge in [-0.3, -0.25) is 4.79 Å². The Kier molecular flexibility index (Phi) is 4.93. The summed E-state index contributed by atoms with van der Waals surface area (Å²) in [4.78, 5) is 10.9. The van der Waals surface area contributed by atoms with Gasteiger partial charge in [0.15, 0.2) is 0 Å². The highest BCUT2D eigenvalue weighted by molar-refractivity contribution is 5.75. The van der Waals surface area contributed by atoms with Gasteiger partial charge in [0.1, 0.15) is 0 Å². The Morgan fingerprint density at radius 3 is 2.58 bits per heavy atom. The SMILES string of the molecule is CC(C(=O)O)c1ccc(COC2CCOCC2)cc1. The van der Waals surface area contributed by atoms with E-state index < -0.39 is 11.9 Å². The van der Waals surface area contributed by atoms with Gasteiger partial charge in [0, 0.05) is 13.2 Å². The average molecular weight is 264 g/mol. The van der Waals surface area contributed by atoms with Gasteiger partial charge in [-0.15, -0.1) is 0 Å². The summed E-state index contributed by atoms with van der Waals surface area (Å²) in [7, 11) is 0. The first-order chi connectivity index (χ1) is 9.16. The van der Waals surface area contributed by atoms with Gasteiger partial charge >= 0.3 is 5.97 Å². The monoisotopic (exact) mass is 264 g/mol. The maximum absolute atomic E-state index is 10.9. The van der Waals surface area contributed by atoms with Crippen LogP contribution in [0.25, 0.3) is 0 Å². The third kappa shape index (κ3) is 4.04. The van der Waals surface area contributed by atoms with Gasteiger partial charge in [0.05, 0.1) is 18.6 Å². The molecule has 0 aliphatic carbocycles. The highest BCUT2D eigenvalue weighted by Gasteiger charge is 2.15. The highest BCUT2D eigenvalue weighted by Crippen LogP contribution is 2.18. The summed E-state index contributed by atoms with van der Waals surface area (Å²) in [5, 5.41) is 8.94. The number of carboxylic acids is 1. The molecule has 0 amide bonds. The van der Waals surface area contributed by atoms with E-state index in [4.69, 9.17) is 14.6 Å². The molecule has 2 rings (SSSR count). The molecule has 4 heteroatoms. The lowest BCUT2D eigenvalue weighted by Gasteiger charge is -2.22. The maximum Gasteiger partial charge on any atom is 0.310 e. The van der Waals surface area contributed by atoms with Crippen molar-refractivity contribution < 1.29 is 19.4 Å². The van der Waals surface area contributed by atoms with Crippen molar-refractivity contribution in [3.05, 3.63) is 35.4 Å². The molecule has 1 aromatic carbocycles. The lowest BCUT2D eigenvalue weighted by molar-refractivity contribution is -0.138. The van der Waals surface area contributed by atoms with E-state index in [0.29, 0.717) is 6.61 Å². The summed E-state index contributed by atoms with van der Waals surface area (Å²) in [6, 6.07) is 7.60. The van der Waals surface area contributed by atoms with Crippen LogP contribution in [-0.4, -0.2) is 30.4 Å². The summed E-state index contributed by atoms with van der Waals surface area (Å²) >= 11 is 0. The Balaban J connectivity index is 1.86. The topological polar surface area (TPSA) is 55.8 Å². The van der Waals surface area contributed by atoms with Crippen molar-refractivity contribution in [3.63, 3.8) is 0 Å². The van der Waals surface area contributed by atoms with Crippen molar-refractivity contribution in [3.8, 4) is 0 Å². The third-order valence-electron chi connectivity index (χ3n) is 3.50. The smallest absolute Gasteiger partial charge is 0.310 e. The molecule has 0 spiro atoms. The van der Waals surface area contributed by atoms with Crippen LogP contribution in [0.2, 0.25) is 0 Å². The minimum Gasteiger partial charge on any atom is -0.481 e. The molecular weight excluding hydrogens is 244 g/mol. The number of aliphatic carboxylic acids is 1. The van der Waals surface area contributed by atoms with Crippen LogP contribution in [0.5, 0.6) is 0 Å². The van der Waals surface area contributed by atoms with Gasteiger partial charge in [-0.05, 0) is 30.9 Å². The number of hydrogen-bond acceptors (Lipinski definition) is 3. The van der Waals surface area contributed by atoms with Crippen molar-refractivity contribution in [1.82, 2.24) is 0 Å². The molecule has 1 unspecified atom stereocenters. The Bertz CT molecular complexity index is 407. The zero-order chi connectivity index (χ0) is 13.7. The normalized spacial score (nSPS) is 18.2. The van der Waals surface area contributed by atoms with E-state index in [-0.39, 0.29) is 6.10 Å². The number of benzene rings is 1. The molecular formula is C15H20O4. The van der Waals surface area contributed by atoms with E-state index in [1.807, 2.05) is 24.3 Å². The van der Waals surface area contributed by atoms with Gasteiger partial charge in [-0.2, -0.15) is 0 Å². The zero-order valence-corrected chi connectivity index (χ0v) is 11.2. The Morgan fingerprint density at radius 1 is 1.37 bits per heavy atom. The fourth-order valence-electron chi connectivity index (χ4n) is 2.10. The van der Waals surface area contributed by atoms with Crippen LogP contribution in [0.15, 0.2) is 24.3 Å². The second-order valence-corrected chi connectivity index (χ2v) is 4.92. The first kappa shape index (κ1) is 14.0. The van der Waals surface area contributed by atoms with Crippen molar-refractivity contribution in [1.29, 1.82) is 0 Å². The molecule has 19 heavy (non-hydrogen) atoms. The molecule has 104 valence electrons. The van der Waals surface area contributed by atoms with Crippen molar-refractivity contribution in [2.75, 3.05) is 13.2 Å². The number of ether oxygens (including phenoxy) is 2. The summed E-state index contributed by atoms with van der Waals surface area (Å²) in [5.74, 6) is -1.27. The molecule has 1 atom stereocenters. The zero-order valence-electron chi connectivity index (χ0n) is 11.2. The summed E-state index contributed by atoms with van der Waals surface area (Å²) in [5.41, 5.74) is 1.90.